The number of halogens is 1. The molecule has 0 unspecified atom stereocenters. The Hall–Kier alpha value is -2.59. The number of benzene rings is 2. The van der Waals surface area contributed by atoms with E-state index in [0.29, 0.717) is 23.2 Å². The molecule has 0 atom stereocenters. The van der Waals surface area contributed by atoms with Gasteiger partial charge in [-0.25, -0.2) is 4.90 Å². The van der Waals surface area contributed by atoms with E-state index in [2.05, 4.69) is 17.2 Å². The first-order chi connectivity index (χ1) is 12.2. The molecule has 0 radical (unpaired) electrons. The van der Waals surface area contributed by atoms with Gasteiger partial charge in [-0.1, -0.05) is 55.3 Å². The summed E-state index contributed by atoms with van der Waals surface area (Å²) in [6.45, 7) is 2.79. The number of nitrogens with zero attached hydrogens (tertiary/aromatic N) is 2. The highest BCUT2D eigenvalue weighted by atomic mass is 35.5. The predicted octanol–water partition coefficient (Wildman–Crippen LogP) is 4.47. The van der Waals surface area contributed by atoms with Crippen molar-refractivity contribution < 1.29 is 4.79 Å². The van der Waals surface area contributed by atoms with Gasteiger partial charge in [0, 0.05) is 11.6 Å². The van der Waals surface area contributed by atoms with Gasteiger partial charge in [0.25, 0.3) is 5.91 Å². The molecule has 5 heteroatoms. The standard InChI is InChI=1S/C20H20ClN3O/c1-2-3-13-22-20-23-18(14-15-7-5-4-6-8-15)19(25)24(20)17-11-9-16(21)10-12-17/h4-12,14H,2-3,13H2,1H3,(H,22,23)/b18-14-. The van der Waals surface area contributed by atoms with Crippen LogP contribution in [0.5, 0.6) is 0 Å². The van der Waals surface area contributed by atoms with Crippen LogP contribution in [-0.4, -0.2) is 18.4 Å². The largest absolute Gasteiger partial charge is 0.321 e. The second-order valence-electron chi connectivity index (χ2n) is 5.77. The SMILES string of the molecule is CCCCN=C1N/C(=C\c2ccccc2)C(=O)N1c1ccc(Cl)cc1. The van der Waals surface area contributed by atoms with E-state index in [-0.39, 0.29) is 5.91 Å². The highest BCUT2D eigenvalue weighted by Gasteiger charge is 2.33. The molecular weight excluding hydrogens is 334 g/mol. The predicted molar refractivity (Wildman–Crippen MR) is 104 cm³/mol. The minimum atomic E-state index is -0.124. The molecule has 2 aromatic rings. The first kappa shape index (κ1) is 17.2. The number of guanidine groups is 1. The molecule has 1 aliphatic heterocycles. The second kappa shape index (κ2) is 7.99. The number of anilines is 1. The highest BCUT2D eigenvalue weighted by molar-refractivity contribution is 6.31. The molecule has 0 aliphatic carbocycles. The molecule has 1 amide bonds. The number of hydrogen-bond donors (Lipinski definition) is 1. The third-order valence-corrected chi connectivity index (χ3v) is 4.11. The molecule has 0 saturated carbocycles. The Balaban J connectivity index is 1.95. The van der Waals surface area contributed by atoms with Gasteiger partial charge >= 0.3 is 0 Å². The molecule has 1 fully saturated rings. The molecule has 1 heterocycles. The lowest BCUT2D eigenvalue weighted by Crippen LogP contribution is -2.32. The van der Waals surface area contributed by atoms with Crippen LogP contribution in [0.4, 0.5) is 5.69 Å². The van der Waals surface area contributed by atoms with E-state index in [4.69, 9.17) is 11.6 Å². The van der Waals surface area contributed by atoms with Gasteiger partial charge in [-0.2, -0.15) is 0 Å². The lowest BCUT2D eigenvalue weighted by Gasteiger charge is -2.15. The van der Waals surface area contributed by atoms with Gasteiger partial charge in [0.05, 0.1) is 5.69 Å². The van der Waals surface area contributed by atoms with E-state index in [1.165, 1.54) is 0 Å². The molecule has 1 N–H and O–H groups in total. The van der Waals surface area contributed by atoms with Crippen LogP contribution in [0.25, 0.3) is 6.08 Å². The molecule has 0 spiro atoms. The van der Waals surface area contributed by atoms with Crippen LogP contribution < -0.4 is 10.2 Å². The molecule has 2 aromatic carbocycles. The van der Waals surface area contributed by atoms with E-state index >= 15 is 0 Å². The maximum absolute atomic E-state index is 12.9. The van der Waals surface area contributed by atoms with Crippen LogP contribution in [0.15, 0.2) is 65.3 Å². The number of carbonyl (C=O) groups is 1. The molecule has 3 rings (SSSR count). The first-order valence-corrected chi connectivity index (χ1v) is 8.75. The molecule has 0 bridgehead atoms. The number of unbranched alkanes of at least 4 members (excludes halogenated alkanes) is 1. The maximum Gasteiger partial charge on any atom is 0.281 e. The average molecular weight is 354 g/mol. The van der Waals surface area contributed by atoms with Crippen LogP contribution in [0.1, 0.15) is 25.3 Å². The van der Waals surface area contributed by atoms with Crippen molar-refractivity contribution in [2.45, 2.75) is 19.8 Å². The van der Waals surface area contributed by atoms with Crippen LogP contribution in [0.2, 0.25) is 5.02 Å². The highest BCUT2D eigenvalue weighted by Crippen LogP contribution is 2.24. The van der Waals surface area contributed by atoms with E-state index in [9.17, 15) is 4.79 Å². The summed E-state index contributed by atoms with van der Waals surface area (Å²) in [5, 5.41) is 3.80. The van der Waals surface area contributed by atoms with Crippen molar-refractivity contribution >= 4 is 35.2 Å². The van der Waals surface area contributed by atoms with Gasteiger partial charge in [0.1, 0.15) is 5.70 Å². The quantitative estimate of drug-likeness (QED) is 0.636. The van der Waals surface area contributed by atoms with Crippen molar-refractivity contribution in [1.82, 2.24) is 5.32 Å². The Morgan fingerprint density at radius 2 is 1.84 bits per heavy atom. The fourth-order valence-electron chi connectivity index (χ4n) is 2.54. The fraction of sp³-hybridized carbons (Fsp3) is 0.200. The van der Waals surface area contributed by atoms with Crippen LogP contribution in [0, 0.1) is 0 Å². The molecule has 1 aliphatic rings. The Bertz CT molecular complexity index is 797. The third-order valence-electron chi connectivity index (χ3n) is 3.86. The fourth-order valence-corrected chi connectivity index (χ4v) is 2.67. The van der Waals surface area contributed by atoms with Crippen LogP contribution in [-0.2, 0) is 4.79 Å². The van der Waals surface area contributed by atoms with Crippen molar-refractivity contribution in [3.63, 3.8) is 0 Å². The Morgan fingerprint density at radius 1 is 1.12 bits per heavy atom. The van der Waals surface area contributed by atoms with Crippen LogP contribution >= 0.6 is 11.6 Å². The van der Waals surface area contributed by atoms with Crippen molar-refractivity contribution in [3.05, 3.63) is 70.9 Å². The van der Waals surface area contributed by atoms with E-state index in [1.54, 1.807) is 17.0 Å². The van der Waals surface area contributed by atoms with Gasteiger partial charge in [0.2, 0.25) is 5.96 Å². The lowest BCUT2D eigenvalue weighted by atomic mass is 10.2. The minimum absolute atomic E-state index is 0.124. The van der Waals surface area contributed by atoms with Gasteiger partial charge < -0.3 is 5.32 Å². The number of aliphatic imine (C=N–C) groups is 1. The number of hydrogen-bond acceptors (Lipinski definition) is 2. The van der Waals surface area contributed by atoms with E-state index < -0.39 is 0 Å². The topological polar surface area (TPSA) is 44.7 Å². The Kier molecular flexibility index (Phi) is 5.51. The molecule has 0 aromatic heterocycles. The summed E-state index contributed by atoms with van der Waals surface area (Å²) in [5.74, 6) is 0.435. The summed E-state index contributed by atoms with van der Waals surface area (Å²) in [6.07, 6.45) is 3.87. The third kappa shape index (κ3) is 4.09. The minimum Gasteiger partial charge on any atom is -0.321 e. The Labute approximate surface area is 152 Å². The number of amides is 1. The molecule has 128 valence electrons. The lowest BCUT2D eigenvalue weighted by molar-refractivity contribution is -0.113. The summed E-state index contributed by atoms with van der Waals surface area (Å²) in [6, 6.07) is 16.9. The van der Waals surface area contributed by atoms with E-state index in [1.807, 2.05) is 48.5 Å². The van der Waals surface area contributed by atoms with Crippen molar-refractivity contribution in [2.75, 3.05) is 11.4 Å². The number of rotatable bonds is 5. The summed E-state index contributed by atoms with van der Waals surface area (Å²) >= 11 is 5.97. The summed E-state index contributed by atoms with van der Waals surface area (Å²) in [5.41, 5.74) is 2.22. The van der Waals surface area contributed by atoms with Crippen molar-refractivity contribution in [3.8, 4) is 0 Å². The average Bonchev–Trinajstić information content (AvgIpc) is 2.93. The normalized spacial score (nSPS) is 17.4. The summed E-state index contributed by atoms with van der Waals surface area (Å²) in [4.78, 5) is 19.1. The summed E-state index contributed by atoms with van der Waals surface area (Å²) < 4.78 is 0. The zero-order valence-corrected chi connectivity index (χ0v) is 14.8. The smallest absolute Gasteiger partial charge is 0.281 e. The first-order valence-electron chi connectivity index (χ1n) is 8.37. The Morgan fingerprint density at radius 3 is 2.52 bits per heavy atom. The molecule has 1 saturated heterocycles. The monoisotopic (exact) mass is 353 g/mol. The summed E-state index contributed by atoms with van der Waals surface area (Å²) in [7, 11) is 0. The second-order valence-corrected chi connectivity index (χ2v) is 6.21. The molecule has 25 heavy (non-hydrogen) atoms. The van der Waals surface area contributed by atoms with Crippen molar-refractivity contribution in [2.24, 2.45) is 4.99 Å². The number of nitrogens with one attached hydrogen (secondary N) is 1. The van der Waals surface area contributed by atoms with Gasteiger partial charge in [0.15, 0.2) is 0 Å². The van der Waals surface area contributed by atoms with Crippen LogP contribution in [0.3, 0.4) is 0 Å². The van der Waals surface area contributed by atoms with Crippen molar-refractivity contribution in [1.29, 1.82) is 0 Å². The number of carbonyl (C=O) groups excluding carboxylic acids is 1. The molecular formula is C20H20ClN3O. The molecule has 4 nitrogen and oxygen atoms in total. The van der Waals surface area contributed by atoms with Gasteiger partial charge in [-0.3, -0.25) is 9.79 Å². The van der Waals surface area contributed by atoms with Gasteiger partial charge in [-0.15, -0.1) is 0 Å². The zero-order chi connectivity index (χ0) is 17.6. The zero-order valence-electron chi connectivity index (χ0n) is 14.1. The van der Waals surface area contributed by atoms with E-state index in [0.717, 1.165) is 24.1 Å². The maximum atomic E-state index is 12.9. The van der Waals surface area contributed by atoms with Gasteiger partial charge in [-0.05, 0) is 42.3 Å².